The molecule has 5 nitrogen and oxygen atoms in total. The third-order valence-electron chi connectivity index (χ3n) is 2.55. The molecule has 2 aromatic rings. The second-order valence-corrected chi connectivity index (χ2v) is 5.02. The predicted molar refractivity (Wildman–Crippen MR) is 75.6 cm³/mol. The topological polar surface area (TPSA) is 87.7 Å². The molecule has 0 aliphatic heterocycles. The largest absolute Gasteiger partial charge is 0.409 e. The molecule has 104 valence electrons. The fraction of sp³-hybridized carbons (Fsp3) is 0.0769. The van der Waals surface area contributed by atoms with Crippen LogP contribution in [0.1, 0.15) is 10.4 Å². The number of rotatable bonds is 4. The van der Waals surface area contributed by atoms with Crippen LogP contribution in [0.25, 0.3) is 0 Å². The van der Waals surface area contributed by atoms with Gasteiger partial charge in [0.25, 0.3) is 0 Å². The van der Waals surface area contributed by atoms with Crippen LogP contribution in [0.5, 0.6) is 0 Å². The number of amides is 1. The Balaban J connectivity index is 2.11. The first-order valence-corrected chi connectivity index (χ1v) is 6.58. The van der Waals surface area contributed by atoms with Gasteiger partial charge in [0.1, 0.15) is 5.82 Å². The highest BCUT2D eigenvalue weighted by molar-refractivity contribution is 7.10. The molecule has 0 fully saturated rings. The number of hydrogen-bond donors (Lipinski definition) is 3. The molecule has 0 saturated heterocycles. The number of oxime groups is 1. The number of benzene rings is 1. The van der Waals surface area contributed by atoms with Crippen molar-refractivity contribution in [1.29, 1.82) is 0 Å². The summed E-state index contributed by atoms with van der Waals surface area (Å²) in [5.41, 5.74) is 5.67. The molecular weight excluding hydrogens is 281 g/mol. The Kier molecular flexibility index (Phi) is 4.31. The molecule has 1 heterocycles. The van der Waals surface area contributed by atoms with E-state index in [4.69, 9.17) is 10.9 Å². The summed E-state index contributed by atoms with van der Waals surface area (Å²) in [6, 6.07) is 7.60. The molecule has 1 amide bonds. The van der Waals surface area contributed by atoms with E-state index in [-0.39, 0.29) is 23.7 Å². The molecule has 0 bridgehead atoms. The van der Waals surface area contributed by atoms with Crippen LogP contribution in [0.4, 0.5) is 10.1 Å². The van der Waals surface area contributed by atoms with Gasteiger partial charge < -0.3 is 16.3 Å². The Morgan fingerprint density at radius 3 is 2.90 bits per heavy atom. The fourth-order valence-corrected chi connectivity index (χ4v) is 2.33. The molecule has 0 aliphatic carbocycles. The van der Waals surface area contributed by atoms with Crippen molar-refractivity contribution in [2.45, 2.75) is 6.42 Å². The molecular formula is C13H12FN3O2S. The molecule has 1 aromatic carbocycles. The van der Waals surface area contributed by atoms with Crippen LogP contribution in [0.15, 0.2) is 40.9 Å². The first-order chi connectivity index (χ1) is 9.60. The van der Waals surface area contributed by atoms with E-state index >= 15 is 0 Å². The quantitative estimate of drug-likeness (QED) is 0.349. The maximum Gasteiger partial charge on any atom is 0.229 e. The third-order valence-corrected chi connectivity index (χ3v) is 3.43. The monoisotopic (exact) mass is 293 g/mol. The first kappa shape index (κ1) is 14.0. The van der Waals surface area contributed by atoms with Crippen molar-refractivity contribution in [3.05, 3.63) is 52.0 Å². The molecule has 0 atom stereocenters. The molecule has 0 aliphatic rings. The summed E-state index contributed by atoms with van der Waals surface area (Å²) in [6.45, 7) is 0. The van der Waals surface area contributed by atoms with E-state index < -0.39 is 5.82 Å². The van der Waals surface area contributed by atoms with E-state index in [2.05, 4.69) is 10.5 Å². The summed E-state index contributed by atoms with van der Waals surface area (Å²) in [6.07, 6.45) is 0.244. The van der Waals surface area contributed by atoms with E-state index in [0.29, 0.717) is 5.69 Å². The average molecular weight is 293 g/mol. The molecule has 2 rings (SSSR count). The highest BCUT2D eigenvalue weighted by Crippen LogP contribution is 2.16. The normalized spacial score (nSPS) is 11.3. The number of hydrogen-bond acceptors (Lipinski definition) is 4. The number of amidine groups is 1. The van der Waals surface area contributed by atoms with Crippen LogP contribution in [-0.2, 0) is 11.2 Å². The lowest BCUT2D eigenvalue weighted by molar-refractivity contribution is -0.115. The zero-order valence-electron chi connectivity index (χ0n) is 10.3. The lowest BCUT2D eigenvalue weighted by Crippen LogP contribution is -2.17. The zero-order valence-corrected chi connectivity index (χ0v) is 11.2. The minimum absolute atomic E-state index is 0.0681. The number of nitrogens with zero attached hydrogens (tertiary/aromatic N) is 1. The van der Waals surface area contributed by atoms with Gasteiger partial charge >= 0.3 is 0 Å². The molecule has 4 N–H and O–H groups in total. The summed E-state index contributed by atoms with van der Waals surface area (Å²) < 4.78 is 13.5. The molecule has 1 aromatic heterocycles. The fourth-order valence-electron chi connectivity index (χ4n) is 1.63. The summed E-state index contributed by atoms with van der Waals surface area (Å²) in [5, 5.41) is 15.8. The van der Waals surface area contributed by atoms with Gasteiger partial charge in [-0.2, -0.15) is 0 Å². The summed E-state index contributed by atoms with van der Waals surface area (Å²) in [4.78, 5) is 12.7. The number of anilines is 1. The van der Waals surface area contributed by atoms with Crippen molar-refractivity contribution < 1.29 is 14.4 Å². The summed E-state index contributed by atoms with van der Waals surface area (Å²) in [5.74, 6) is -1.20. The van der Waals surface area contributed by atoms with Gasteiger partial charge in [0, 0.05) is 10.6 Å². The van der Waals surface area contributed by atoms with Crippen LogP contribution >= 0.6 is 11.3 Å². The van der Waals surface area contributed by atoms with Gasteiger partial charge in [-0.25, -0.2) is 4.39 Å². The summed E-state index contributed by atoms with van der Waals surface area (Å²) in [7, 11) is 0. The standard InChI is InChI=1S/C13H12FN3O2S/c14-11-4-3-8(6-10(11)13(15)17-19)16-12(18)7-9-2-1-5-20-9/h1-6,19H,7H2,(H2,15,17)(H,16,18). The third kappa shape index (κ3) is 3.33. The maximum absolute atomic E-state index is 13.5. The number of thiophene rings is 1. The zero-order chi connectivity index (χ0) is 14.5. The molecule has 0 unspecified atom stereocenters. The van der Waals surface area contributed by atoms with Gasteiger partial charge in [0.05, 0.1) is 12.0 Å². The van der Waals surface area contributed by atoms with E-state index in [1.165, 1.54) is 23.5 Å². The second kappa shape index (κ2) is 6.16. The van der Waals surface area contributed by atoms with Crippen LogP contribution in [-0.4, -0.2) is 17.0 Å². The van der Waals surface area contributed by atoms with Crippen LogP contribution in [0.2, 0.25) is 0 Å². The number of carbonyl (C=O) groups excluding carboxylic acids is 1. The minimum atomic E-state index is -0.628. The lowest BCUT2D eigenvalue weighted by Gasteiger charge is -2.07. The van der Waals surface area contributed by atoms with Crippen LogP contribution in [0.3, 0.4) is 0 Å². The predicted octanol–water partition coefficient (Wildman–Crippen LogP) is 2.16. The van der Waals surface area contributed by atoms with Gasteiger partial charge in [-0.3, -0.25) is 4.79 Å². The number of halogens is 1. The van der Waals surface area contributed by atoms with Crippen molar-refractivity contribution in [3.63, 3.8) is 0 Å². The van der Waals surface area contributed by atoms with Crippen molar-refractivity contribution >= 4 is 28.8 Å². The van der Waals surface area contributed by atoms with Gasteiger partial charge in [0.15, 0.2) is 5.84 Å². The van der Waals surface area contributed by atoms with E-state index in [1.807, 2.05) is 17.5 Å². The van der Waals surface area contributed by atoms with E-state index in [0.717, 1.165) is 10.9 Å². The SMILES string of the molecule is NC(=NO)c1cc(NC(=O)Cc2cccs2)ccc1F. The molecule has 0 spiro atoms. The van der Waals surface area contributed by atoms with Crippen molar-refractivity contribution in [1.82, 2.24) is 0 Å². The van der Waals surface area contributed by atoms with E-state index in [1.54, 1.807) is 0 Å². The Bertz CT molecular complexity index is 641. The minimum Gasteiger partial charge on any atom is -0.409 e. The van der Waals surface area contributed by atoms with Crippen molar-refractivity contribution in [3.8, 4) is 0 Å². The highest BCUT2D eigenvalue weighted by Gasteiger charge is 2.10. The van der Waals surface area contributed by atoms with Crippen LogP contribution < -0.4 is 11.1 Å². The van der Waals surface area contributed by atoms with Gasteiger partial charge in [-0.1, -0.05) is 11.2 Å². The van der Waals surface area contributed by atoms with E-state index in [9.17, 15) is 9.18 Å². The molecule has 0 saturated carbocycles. The maximum atomic E-state index is 13.5. The number of nitrogens with one attached hydrogen (secondary N) is 1. The Hall–Kier alpha value is -2.41. The van der Waals surface area contributed by atoms with Gasteiger partial charge in [-0.15, -0.1) is 11.3 Å². The Labute approximate surface area is 118 Å². The van der Waals surface area contributed by atoms with Crippen molar-refractivity contribution in [2.24, 2.45) is 10.9 Å². The van der Waals surface area contributed by atoms with Gasteiger partial charge in [-0.05, 0) is 29.6 Å². The highest BCUT2D eigenvalue weighted by atomic mass is 32.1. The smallest absolute Gasteiger partial charge is 0.229 e. The average Bonchev–Trinajstić information content (AvgIpc) is 2.92. The number of nitrogens with two attached hydrogens (primary N) is 1. The van der Waals surface area contributed by atoms with Gasteiger partial charge in [0.2, 0.25) is 5.91 Å². The lowest BCUT2D eigenvalue weighted by atomic mass is 10.1. The molecule has 0 radical (unpaired) electrons. The van der Waals surface area contributed by atoms with Crippen molar-refractivity contribution in [2.75, 3.05) is 5.32 Å². The first-order valence-electron chi connectivity index (χ1n) is 5.70. The summed E-state index contributed by atoms with van der Waals surface area (Å²) >= 11 is 1.48. The molecule has 20 heavy (non-hydrogen) atoms. The molecule has 7 heteroatoms. The Morgan fingerprint density at radius 2 is 2.25 bits per heavy atom. The Morgan fingerprint density at radius 1 is 1.45 bits per heavy atom. The number of carbonyl (C=O) groups is 1. The van der Waals surface area contributed by atoms with Crippen LogP contribution in [0, 0.1) is 5.82 Å². The second-order valence-electron chi connectivity index (χ2n) is 3.98.